The molecular weight excluding hydrogens is 502 g/mol. The van der Waals surface area contributed by atoms with Crippen molar-refractivity contribution in [1.29, 1.82) is 0 Å². The number of carbonyl (C=O) groups excluding carboxylic acids is 2. The number of rotatable bonds is 14. The van der Waals surface area contributed by atoms with Crippen molar-refractivity contribution < 1.29 is 22.7 Å². The summed E-state index contributed by atoms with van der Waals surface area (Å²) >= 11 is 0. The molecule has 2 rings (SSSR count). The zero-order valence-corrected chi connectivity index (χ0v) is 24.6. The highest BCUT2D eigenvalue weighted by atomic mass is 32.2. The number of nitrogens with zero attached hydrogens (tertiary/aromatic N) is 2. The molecule has 0 spiro atoms. The van der Waals surface area contributed by atoms with E-state index in [1.165, 1.54) is 10.6 Å². The first kappa shape index (κ1) is 31.1. The highest BCUT2D eigenvalue weighted by Gasteiger charge is 2.29. The Hall–Kier alpha value is -3.07. The van der Waals surface area contributed by atoms with Crippen molar-refractivity contribution in [3.05, 3.63) is 59.2 Å². The Morgan fingerprint density at radius 3 is 2.24 bits per heavy atom. The van der Waals surface area contributed by atoms with Gasteiger partial charge in [0.25, 0.3) is 0 Å². The topological polar surface area (TPSA) is 96.0 Å². The van der Waals surface area contributed by atoms with Crippen molar-refractivity contribution in [3.63, 3.8) is 0 Å². The molecule has 1 N–H and O–H groups in total. The molecule has 2 aromatic rings. The summed E-state index contributed by atoms with van der Waals surface area (Å²) in [5, 5.41) is 3.01. The van der Waals surface area contributed by atoms with Gasteiger partial charge in [0.1, 0.15) is 11.8 Å². The van der Waals surface area contributed by atoms with Crippen LogP contribution in [0.15, 0.2) is 42.5 Å². The average Bonchev–Trinajstić information content (AvgIpc) is 2.84. The quantitative estimate of drug-likeness (QED) is 0.375. The number of methoxy groups -OCH3 is 1. The molecule has 0 aromatic heterocycles. The standard InChI is InChI=1S/C29H43N3O5S/c1-8-23(5)30-29(34)27(9-2)31(20-24-12-10-13-26(19-24)37-6)28(33)14-11-15-32(38(7,35)36)25-17-21(3)16-22(4)18-25/h10,12-13,16-19,23,27H,8-9,11,14-15,20H2,1-7H3,(H,30,34)/t23-,27-/m1/s1. The third kappa shape index (κ3) is 9.04. The fourth-order valence-electron chi connectivity index (χ4n) is 4.43. The van der Waals surface area contributed by atoms with Crippen LogP contribution in [0.5, 0.6) is 5.75 Å². The lowest BCUT2D eigenvalue weighted by molar-refractivity contribution is -0.141. The van der Waals surface area contributed by atoms with Crippen LogP contribution in [0.4, 0.5) is 5.69 Å². The molecule has 0 radical (unpaired) electrons. The van der Waals surface area contributed by atoms with Gasteiger partial charge in [-0.25, -0.2) is 8.42 Å². The first-order valence-electron chi connectivity index (χ1n) is 13.2. The molecule has 0 bridgehead atoms. The number of ether oxygens (including phenoxy) is 1. The number of hydrogen-bond donors (Lipinski definition) is 1. The lowest BCUT2D eigenvalue weighted by Gasteiger charge is -2.32. The molecule has 0 unspecified atom stereocenters. The van der Waals surface area contributed by atoms with E-state index in [1.807, 2.05) is 77.1 Å². The third-order valence-corrected chi connectivity index (χ3v) is 7.71. The maximum Gasteiger partial charge on any atom is 0.243 e. The number of nitrogens with one attached hydrogen (secondary N) is 1. The van der Waals surface area contributed by atoms with Gasteiger partial charge in [-0.2, -0.15) is 0 Å². The maximum absolute atomic E-state index is 13.6. The highest BCUT2D eigenvalue weighted by Crippen LogP contribution is 2.23. The Labute approximate surface area is 228 Å². The number of sulfonamides is 1. The van der Waals surface area contributed by atoms with E-state index in [-0.39, 0.29) is 37.4 Å². The molecule has 0 aliphatic heterocycles. The second-order valence-corrected chi connectivity index (χ2v) is 11.8. The predicted octanol–water partition coefficient (Wildman–Crippen LogP) is 4.58. The Bertz CT molecular complexity index is 1180. The number of benzene rings is 2. The second-order valence-electron chi connectivity index (χ2n) is 9.90. The number of aryl methyl sites for hydroxylation is 2. The van der Waals surface area contributed by atoms with Crippen LogP contribution < -0.4 is 14.4 Å². The van der Waals surface area contributed by atoms with Crippen LogP contribution in [0, 0.1) is 13.8 Å². The first-order valence-corrected chi connectivity index (χ1v) is 15.0. The Morgan fingerprint density at radius 2 is 1.68 bits per heavy atom. The molecule has 2 amide bonds. The fraction of sp³-hybridized carbons (Fsp3) is 0.517. The Balaban J connectivity index is 2.27. The minimum atomic E-state index is -3.55. The van der Waals surface area contributed by atoms with E-state index in [1.54, 1.807) is 12.0 Å². The van der Waals surface area contributed by atoms with Gasteiger partial charge in [-0.3, -0.25) is 13.9 Å². The summed E-state index contributed by atoms with van der Waals surface area (Å²) in [6, 6.07) is 12.4. The van der Waals surface area contributed by atoms with Gasteiger partial charge in [0.05, 0.1) is 19.1 Å². The molecule has 2 atom stereocenters. The summed E-state index contributed by atoms with van der Waals surface area (Å²) < 4.78 is 31.9. The van der Waals surface area contributed by atoms with Crippen molar-refractivity contribution in [2.75, 3.05) is 24.2 Å². The van der Waals surface area contributed by atoms with E-state index in [9.17, 15) is 18.0 Å². The molecule has 210 valence electrons. The number of carbonyl (C=O) groups is 2. The molecular formula is C29H43N3O5S. The molecule has 2 aromatic carbocycles. The van der Waals surface area contributed by atoms with Crippen LogP contribution in [0.3, 0.4) is 0 Å². The summed E-state index contributed by atoms with van der Waals surface area (Å²) in [4.78, 5) is 28.3. The third-order valence-electron chi connectivity index (χ3n) is 6.52. The van der Waals surface area contributed by atoms with Gasteiger partial charge in [0.2, 0.25) is 21.8 Å². The average molecular weight is 546 g/mol. The molecule has 0 aliphatic carbocycles. The van der Waals surface area contributed by atoms with Crippen molar-refractivity contribution in [3.8, 4) is 5.75 Å². The molecule has 8 nitrogen and oxygen atoms in total. The van der Waals surface area contributed by atoms with Gasteiger partial charge in [0, 0.05) is 25.6 Å². The van der Waals surface area contributed by atoms with Gasteiger partial charge in [-0.1, -0.05) is 32.0 Å². The zero-order valence-electron chi connectivity index (χ0n) is 23.8. The summed E-state index contributed by atoms with van der Waals surface area (Å²) in [6.07, 6.45) is 2.83. The van der Waals surface area contributed by atoms with Crippen LogP contribution in [0.2, 0.25) is 0 Å². The number of amides is 2. The Morgan fingerprint density at radius 1 is 1.03 bits per heavy atom. The molecule has 0 fully saturated rings. The fourth-order valence-corrected chi connectivity index (χ4v) is 5.38. The normalized spacial score (nSPS) is 12.9. The van der Waals surface area contributed by atoms with Gasteiger partial charge >= 0.3 is 0 Å². The maximum atomic E-state index is 13.6. The zero-order chi connectivity index (χ0) is 28.5. The van der Waals surface area contributed by atoms with Gasteiger partial charge in [0.15, 0.2) is 0 Å². The molecule has 38 heavy (non-hydrogen) atoms. The molecule has 9 heteroatoms. The lowest BCUT2D eigenvalue weighted by atomic mass is 10.1. The summed E-state index contributed by atoms with van der Waals surface area (Å²) in [7, 11) is -1.96. The highest BCUT2D eigenvalue weighted by molar-refractivity contribution is 7.92. The van der Waals surface area contributed by atoms with E-state index >= 15 is 0 Å². The van der Waals surface area contributed by atoms with Crippen LogP contribution in [0.25, 0.3) is 0 Å². The van der Waals surface area contributed by atoms with E-state index in [0.29, 0.717) is 24.3 Å². The molecule has 0 saturated carbocycles. The number of hydrogen-bond acceptors (Lipinski definition) is 5. The largest absolute Gasteiger partial charge is 0.497 e. The first-order chi connectivity index (χ1) is 17.9. The van der Waals surface area contributed by atoms with Crippen LogP contribution in [-0.2, 0) is 26.2 Å². The SMILES string of the molecule is CC[C@@H](C)NC(=O)[C@@H](CC)N(Cc1cccc(OC)c1)C(=O)CCCN(c1cc(C)cc(C)c1)S(C)(=O)=O. The van der Waals surface area contributed by atoms with E-state index < -0.39 is 16.1 Å². The number of anilines is 1. The molecule has 0 aliphatic rings. The van der Waals surface area contributed by atoms with Crippen LogP contribution >= 0.6 is 0 Å². The summed E-state index contributed by atoms with van der Waals surface area (Å²) in [6.45, 7) is 10.1. The molecule has 0 heterocycles. The predicted molar refractivity (Wildman–Crippen MR) is 153 cm³/mol. The van der Waals surface area contributed by atoms with E-state index in [2.05, 4.69) is 5.32 Å². The van der Waals surface area contributed by atoms with Crippen LogP contribution in [0.1, 0.15) is 63.1 Å². The van der Waals surface area contributed by atoms with Crippen molar-refractivity contribution in [2.45, 2.75) is 78.9 Å². The summed E-state index contributed by atoms with van der Waals surface area (Å²) in [5.74, 6) is 0.281. The Kier molecular flexibility index (Phi) is 11.6. The van der Waals surface area contributed by atoms with Gasteiger partial charge in [-0.15, -0.1) is 0 Å². The van der Waals surface area contributed by atoms with Crippen molar-refractivity contribution >= 4 is 27.5 Å². The van der Waals surface area contributed by atoms with Crippen LogP contribution in [-0.4, -0.2) is 57.1 Å². The summed E-state index contributed by atoms with van der Waals surface area (Å²) in [5.41, 5.74) is 3.37. The van der Waals surface area contributed by atoms with Gasteiger partial charge < -0.3 is 15.0 Å². The van der Waals surface area contributed by atoms with E-state index in [0.717, 1.165) is 23.1 Å². The lowest BCUT2D eigenvalue weighted by Crippen LogP contribution is -2.50. The monoisotopic (exact) mass is 545 g/mol. The van der Waals surface area contributed by atoms with Gasteiger partial charge in [-0.05, 0) is 81.0 Å². The minimum Gasteiger partial charge on any atom is -0.497 e. The second kappa shape index (κ2) is 14.2. The van der Waals surface area contributed by atoms with Crippen molar-refractivity contribution in [1.82, 2.24) is 10.2 Å². The van der Waals surface area contributed by atoms with E-state index in [4.69, 9.17) is 4.74 Å². The minimum absolute atomic E-state index is 0.00794. The smallest absolute Gasteiger partial charge is 0.243 e. The van der Waals surface area contributed by atoms with Crippen molar-refractivity contribution in [2.24, 2.45) is 0 Å². The molecule has 0 saturated heterocycles.